The van der Waals surface area contributed by atoms with E-state index in [4.69, 9.17) is 5.73 Å². The summed E-state index contributed by atoms with van der Waals surface area (Å²) in [6.45, 7) is 1.81. The van der Waals surface area contributed by atoms with Crippen molar-refractivity contribution >= 4 is 5.78 Å². The number of carbonyl (C=O) groups excluding carboxylic acids is 1. The minimum Gasteiger partial charge on any atom is -0.324 e. The zero-order valence-corrected chi connectivity index (χ0v) is 11.5. The van der Waals surface area contributed by atoms with E-state index in [1.54, 1.807) is 6.07 Å². The fourth-order valence-electron chi connectivity index (χ4n) is 2.18. The topological polar surface area (TPSA) is 43.1 Å². The van der Waals surface area contributed by atoms with Crippen molar-refractivity contribution in [3.63, 3.8) is 0 Å². The summed E-state index contributed by atoms with van der Waals surface area (Å²) in [7, 11) is 0. The Morgan fingerprint density at radius 3 is 2.60 bits per heavy atom. The van der Waals surface area contributed by atoms with Crippen molar-refractivity contribution in [2.45, 2.75) is 25.8 Å². The summed E-state index contributed by atoms with van der Waals surface area (Å²) in [6.07, 6.45) is 0.874. The number of Topliss-reactive ketones (excluding diaryl/α,β-unsaturated/α-hetero) is 1. The molecule has 2 rings (SSSR count). The summed E-state index contributed by atoms with van der Waals surface area (Å²) >= 11 is 0. The van der Waals surface area contributed by atoms with E-state index >= 15 is 0 Å². The fraction of sp³-hybridized carbons (Fsp3) is 0.235. The Bertz CT molecular complexity index is 595. The number of rotatable bonds is 5. The Labute approximate surface area is 118 Å². The fourth-order valence-corrected chi connectivity index (χ4v) is 2.18. The second kappa shape index (κ2) is 6.44. The van der Waals surface area contributed by atoms with Crippen molar-refractivity contribution in [2.75, 3.05) is 0 Å². The lowest BCUT2D eigenvalue weighted by atomic mass is 9.97. The first-order valence-corrected chi connectivity index (χ1v) is 6.68. The molecule has 0 radical (unpaired) electrons. The number of benzene rings is 2. The molecule has 0 bridgehead atoms. The van der Waals surface area contributed by atoms with Gasteiger partial charge in [0.25, 0.3) is 0 Å². The smallest absolute Gasteiger partial charge is 0.163 e. The lowest BCUT2D eigenvalue weighted by Gasteiger charge is -2.12. The van der Waals surface area contributed by atoms with Crippen LogP contribution in [-0.2, 0) is 0 Å². The standard InChI is InChI=1S/C17H18FNO/c1-12-7-8-14(18)11-15(12)17(20)10-9-16(19)13-5-3-2-4-6-13/h2-8,11,16H,9-10,19H2,1H3. The van der Waals surface area contributed by atoms with Crippen LogP contribution in [0.3, 0.4) is 0 Å². The highest BCUT2D eigenvalue weighted by atomic mass is 19.1. The second-order valence-electron chi connectivity index (χ2n) is 4.94. The molecule has 2 aromatic carbocycles. The van der Waals surface area contributed by atoms with Gasteiger partial charge in [-0.05, 0) is 36.6 Å². The Kier molecular flexibility index (Phi) is 4.64. The van der Waals surface area contributed by atoms with Gasteiger partial charge >= 0.3 is 0 Å². The number of hydrogen-bond donors (Lipinski definition) is 1. The summed E-state index contributed by atoms with van der Waals surface area (Å²) in [5.41, 5.74) is 8.32. The maximum Gasteiger partial charge on any atom is 0.163 e. The number of carbonyl (C=O) groups is 1. The van der Waals surface area contributed by atoms with Crippen LogP contribution in [0.4, 0.5) is 4.39 Å². The molecular formula is C17H18FNO. The molecule has 0 aliphatic rings. The van der Waals surface area contributed by atoms with Crippen LogP contribution in [0.5, 0.6) is 0 Å². The normalized spacial score (nSPS) is 12.2. The van der Waals surface area contributed by atoms with Gasteiger partial charge in [0.2, 0.25) is 0 Å². The first kappa shape index (κ1) is 14.4. The predicted octanol–water partition coefficient (Wildman–Crippen LogP) is 3.80. The van der Waals surface area contributed by atoms with Gasteiger partial charge in [0.1, 0.15) is 5.82 Å². The summed E-state index contributed by atoms with van der Waals surface area (Å²) in [5.74, 6) is -0.445. The number of ketones is 1. The molecule has 0 saturated carbocycles. The Hall–Kier alpha value is -2.00. The summed E-state index contributed by atoms with van der Waals surface area (Å²) in [4.78, 5) is 12.1. The van der Waals surface area contributed by atoms with E-state index < -0.39 is 0 Å². The van der Waals surface area contributed by atoms with Crippen LogP contribution < -0.4 is 5.73 Å². The van der Waals surface area contributed by atoms with Crippen molar-refractivity contribution in [1.82, 2.24) is 0 Å². The largest absolute Gasteiger partial charge is 0.324 e. The summed E-state index contributed by atoms with van der Waals surface area (Å²) < 4.78 is 13.2. The van der Waals surface area contributed by atoms with Gasteiger partial charge in [0, 0.05) is 18.0 Å². The van der Waals surface area contributed by atoms with Gasteiger partial charge in [-0.3, -0.25) is 4.79 Å². The third-order valence-electron chi connectivity index (χ3n) is 3.41. The SMILES string of the molecule is Cc1ccc(F)cc1C(=O)CCC(N)c1ccccc1. The van der Waals surface area contributed by atoms with Gasteiger partial charge in [-0.1, -0.05) is 36.4 Å². The van der Waals surface area contributed by atoms with Crippen molar-refractivity contribution < 1.29 is 9.18 Å². The minimum atomic E-state index is -0.383. The summed E-state index contributed by atoms with van der Waals surface area (Å²) in [5, 5.41) is 0. The monoisotopic (exact) mass is 271 g/mol. The predicted molar refractivity (Wildman–Crippen MR) is 78.1 cm³/mol. The highest BCUT2D eigenvalue weighted by molar-refractivity contribution is 5.97. The minimum absolute atomic E-state index is 0.0617. The molecule has 104 valence electrons. The maximum atomic E-state index is 13.2. The quantitative estimate of drug-likeness (QED) is 0.841. The van der Waals surface area contributed by atoms with E-state index in [0.29, 0.717) is 18.4 Å². The van der Waals surface area contributed by atoms with Crippen LogP contribution in [0, 0.1) is 12.7 Å². The second-order valence-corrected chi connectivity index (χ2v) is 4.94. The third kappa shape index (κ3) is 3.52. The van der Waals surface area contributed by atoms with Crippen LogP contribution in [0.2, 0.25) is 0 Å². The van der Waals surface area contributed by atoms with E-state index in [0.717, 1.165) is 11.1 Å². The van der Waals surface area contributed by atoms with Crippen molar-refractivity contribution in [1.29, 1.82) is 0 Å². The van der Waals surface area contributed by atoms with E-state index in [1.165, 1.54) is 12.1 Å². The Morgan fingerprint density at radius 2 is 1.90 bits per heavy atom. The Morgan fingerprint density at radius 1 is 1.20 bits per heavy atom. The van der Waals surface area contributed by atoms with Gasteiger partial charge in [0.05, 0.1) is 0 Å². The molecule has 2 N–H and O–H groups in total. The molecule has 1 unspecified atom stereocenters. The number of aryl methyl sites for hydroxylation is 1. The maximum absolute atomic E-state index is 13.2. The molecule has 0 fully saturated rings. The lowest BCUT2D eigenvalue weighted by Crippen LogP contribution is -2.13. The molecule has 0 aliphatic carbocycles. The van der Waals surface area contributed by atoms with E-state index in [-0.39, 0.29) is 17.6 Å². The molecule has 0 spiro atoms. The first-order valence-electron chi connectivity index (χ1n) is 6.68. The Balaban J connectivity index is 2.00. The van der Waals surface area contributed by atoms with E-state index in [1.807, 2.05) is 37.3 Å². The average Bonchev–Trinajstić information content (AvgIpc) is 2.47. The van der Waals surface area contributed by atoms with Gasteiger partial charge in [-0.2, -0.15) is 0 Å². The molecule has 2 nitrogen and oxygen atoms in total. The molecule has 0 heterocycles. The van der Waals surface area contributed by atoms with E-state index in [9.17, 15) is 9.18 Å². The average molecular weight is 271 g/mol. The third-order valence-corrected chi connectivity index (χ3v) is 3.41. The molecule has 3 heteroatoms. The highest BCUT2D eigenvalue weighted by Gasteiger charge is 2.13. The molecule has 2 aromatic rings. The van der Waals surface area contributed by atoms with Gasteiger partial charge in [-0.15, -0.1) is 0 Å². The van der Waals surface area contributed by atoms with Gasteiger partial charge in [0.15, 0.2) is 5.78 Å². The van der Waals surface area contributed by atoms with Crippen molar-refractivity contribution in [3.8, 4) is 0 Å². The zero-order valence-electron chi connectivity index (χ0n) is 11.5. The van der Waals surface area contributed by atoms with Crippen LogP contribution >= 0.6 is 0 Å². The van der Waals surface area contributed by atoms with Gasteiger partial charge < -0.3 is 5.73 Å². The highest BCUT2D eigenvalue weighted by Crippen LogP contribution is 2.19. The number of nitrogens with two attached hydrogens (primary N) is 1. The molecule has 20 heavy (non-hydrogen) atoms. The molecule has 0 amide bonds. The molecule has 0 aromatic heterocycles. The van der Waals surface area contributed by atoms with E-state index in [2.05, 4.69) is 0 Å². The van der Waals surface area contributed by atoms with Crippen molar-refractivity contribution in [3.05, 3.63) is 71.0 Å². The first-order chi connectivity index (χ1) is 9.58. The van der Waals surface area contributed by atoms with Crippen LogP contribution in [0.25, 0.3) is 0 Å². The van der Waals surface area contributed by atoms with Crippen LogP contribution in [0.1, 0.15) is 40.4 Å². The molecule has 1 atom stereocenters. The van der Waals surface area contributed by atoms with Crippen LogP contribution in [0.15, 0.2) is 48.5 Å². The molecule has 0 aliphatic heterocycles. The zero-order chi connectivity index (χ0) is 14.5. The number of hydrogen-bond acceptors (Lipinski definition) is 2. The molecule has 0 saturated heterocycles. The summed E-state index contributed by atoms with van der Waals surface area (Å²) in [6, 6.07) is 13.8. The molecular weight excluding hydrogens is 253 g/mol. The van der Waals surface area contributed by atoms with Crippen LogP contribution in [-0.4, -0.2) is 5.78 Å². The van der Waals surface area contributed by atoms with Crippen molar-refractivity contribution in [2.24, 2.45) is 5.73 Å². The van der Waals surface area contributed by atoms with Gasteiger partial charge in [-0.25, -0.2) is 4.39 Å². The number of halogens is 1. The lowest BCUT2D eigenvalue weighted by molar-refractivity contribution is 0.0976.